The highest BCUT2D eigenvalue weighted by Gasteiger charge is 2.14. The minimum Gasteiger partial charge on any atom is -0.490 e. The largest absolute Gasteiger partial charge is 0.490 e. The summed E-state index contributed by atoms with van der Waals surface area (Å²) in [5.41, 5.74) is 3.96. The van der Waals surface area contributed by atoms with E-state index in [1.165, 1.54) is 5.56 Å². The molecule has 0 saturated heterocycles. The third kappa shape index (κ3) is 4.24. The average molecular weight is 374 g/mol. The Morgan fingerprint density at radius 1 is 1.00 bits per heavy atom. The van der Waals surface area contributed by atoms with Crippen LogP contribution < -0.4 is 15.0 Å². The Labute approximate surface area is 164 Å². The lowest BCUT2D eigenvalue weighted by Crippen LogP contribution is -2.12. The third-order valence-corrected chi connectivity index (χ3v) is 4.35. The maximum absolute atomic E-state index is 12.1. The molecular formula is C23H22N2O3. The fourth-order valence-corrected chi connectivity index (χ4v) is 2.94. The smallest absolute Gasteiger partial charge is 0.266 e. The minimum atomic E-state index is -0.393. The number of aromatic nitrogens is 1. The number of aromatic amines is 1. The highest BCUT2D eigenvalue weighted by Crippen LogP contribution is 2.34. The molecular weight excluding hydrogens is 352 g/mol. The topological polar surface area (TPSA) is 75.1 Å². The number of ether oxygens (including phenoxy) is 2. The molecule has 0 bridgehead atoms. The fourth-order valence-electron chi connectivity index (χ4n) is 2.94. The molecule has 3 aromatic rings. The van der Waals surface area contributed by atoms with Gasteiger partial charge in [0.25, 0.3) is 5.56 Å². The van der Waals surface area contributed by atoms with Gasteiger partial charge in [-0.15, -0.1) is 0 Å². The van der Waals surface area contributed by atoms with Crippen molar-refractivity contribution in [3.05, 3.63) is 81.3 Å². The molecule has 0 radical (unpaired) electrons. The Morgan fingerprint density at radius 2 is 1.75 bits per heavy atom. The lowest BCUT2D eigenvalue weighted by Gasteiger charge is -2.14. The molecule has 2 aromatic carbocycles. The molecule has 5 nitrogen and oxygen atoms in total. The van der Waals surface area contributed by atoms with E-state index < -0.39 is 5.56 Å². The average Bonchev–Trinajstić information content (AvgIpc) is 2.68. The lowest BCUT2D eigenvalue weighted by molar-refractivity contribution is 0.269. The van der Waals surface area contributed by atoms with Crippen molar-refractivity contribution in [1.29, 1.82) is 5.26 Å². The van der Waals surface area contributed by atoms with Gasteiger partial charge in [-0.1, -0.05) is 35.9 Å². The first-order valence-corrected chi connectivity index (χ1v) is 9.11. The van der Waals surface area contributed by atoms with Crippen LogP contribution in [-0.4, -0.2) is 11.6 Å². The maximum atomic E-state index is 12.1. The Bertz CT molecular complexity index is 1080. The third-order valence-electron chi connectivity index (χ3n) is 4.35. The first kappa shape index (κ1) is 19.2. The number of H-pyrrole nitrogens is 1. The predicted molar refractivity (Wildman–Crippen MR) is 109 cm³/mol. The summed E-state index contributed by atoms with van der Waals surface area (Å²) in [5, 5.41) is 9.38. The molecule has 0 aliphatic rings. The van der Waals surface area contributed by atoms with Crippen LogP contribution in [0.1, 0.15) is 29.3 Å². The Morgan fingerprint density at radius 3 is 2.43 bits per heavy atom. The molecule has 3 rings (SSSR count). The summed E-state index contributed by atoms with van der Waals surface area (Å²) < 4.78 is 11.7. The second kappa shape index (κ2) is 8.45. The SMILES string of the molecule is CCOc1cc(-c2cc(C)[nH]c(=O)c2C#N)ccc1OCc1ccc(C)cc1. The molecule has 0 saturated carbocycles. The van der Waals surface area contributed by atoms with E-state index in [4.69, 9.17) is 9.47 Å². The summed E-state index contributed by atoms with van der Waals surface area (Å²) in [7, 11) is 0. The lowest BCUT2D eigenvalue weighted by atomic mass is 10.0. The van der Waals surface area contributed by atoms with E-state index in [1.807, 2.05) is 62.4 Å². The van der Waals surface area contributed by atoms with Gasteiger partial charge in [0.15, 0.2) is 11.5 Å². The number of pyridine rings is 1. The first-order valence-electron chi connectivity index (χ1n) is 9.11. The van der Waals surface area contributed by atoms with Crippen molar-refractivity contribution in [3.8, 4) is 28.7 Å². The van der Waals surface area contributed by atoms with E-state index in [2.05, 4.69) is 4.98 Å². The van der Waals surface area contributed by atoms with Crippen LogP contribution in [0.15, 0.2) is 53.3 Å². The van der Waals surface area contributed by atoms with Crippen LogP contribution in [0.25, 0.3) is 11.1 Å². The number of hydrogen-bond donors (Lipinski definition) is 1. The van der Waals surface area contributed by atoms with Crippen LogP contribution in [0.2, 0.25) is 0 Å². The van der Waals surface area contributed by atoms with Crippen LogP contribution in [0.3, 0.4) is 0 Å². The molecule has 142 valence electrons. The monoisotopic (exact) mass is 374 g/mol. The van der Waals surface area contributed by atoms with Crippen molar-refractivity contribution < 1.29 is 9.47 Å². The van der Waals surface area contributed by atoms with E-state index in [1.54, 1.807) is 13.0 Å². The van der Waals surface area contributed by atoms with Crippen molar-refractivity contribution >= 4 is 0 Å². The van der Waals surface area contributed by atoms with Gasteiger partial charge in [-0.3, -0.25) is 4.79 Å². The minimum absolute atomic E-state index is 0.0846. The molecule has 0 spiro atoms. The first-order chi connectivity index (χ1) is 13.5. The maximum Gasteiger partial charge on any atom is 0.266 e. The van der Waals surface area contributed by atoms with Gasteiger partial charge in [0.1, 0.15) is 18.2 Å². The van der Waals surface area contributed by atoms with E-state index in [0.29, 0.717) is 36.0 Å². The van der Waals surface area contributed by atoms with Gasteiger partial charge in [0.2, 0.25) is 0 Å². The molecule has 0 aliphatic heterocycles. The second-order valence-corrected chi connectivity index (χ2v) is 6.55. The van der Waals surface area contributed by atoms with Crippen LogP contribution in [0.4, 0.5) is 0 Å². The highest BCUT2D eigenvalue weighted by molar-refractivity contribution is 5.72. The molecule has 1 aromatic heterocycles. The normalized spacial score (nSPS) is 10.4. The molecule has 5 heteroatoms. The molecule has 28 heavy (non-hydrogen) atoms. The highest BCUT2D eigenvalue weighted by atomic mass is 16.5. The number of nitriles is 1. The van der Waals surface area contributed by atoms with Crippen LogP contribution >= 0.6 is 0 Å². The van der Waals surface area contributed by atoms with E-state index in [9.17, 15) is 10.1 Å². The molecule has 0 amide bonds. The van der Waals surface area contributed by atoms with Crippen molar-refractivity contribution in [1.82, 2.24) is 4.98 Å². The molecule has 1 N–H and O–H groups in total. The number of rotatable bonds is 6. The van der Waals surface area contributed by atoms with E-state index >= 15 is 0 Å². The summed E-state index contributed by atoms with van der Waals surface area (Å²) in [4.78, 5) is 14.8. The zero-order valence-electron chi connectivity index (χ0n) is 16.2. The predicted octanol–water partition coefficient (Wildman–Crippen LogP) is 4.51. The second-order valence-electron chi connectivity index (χ2n) is 6.55. The summed E-state index contributed by atoms with van der Waals surface area (Å²) in [5.74, 6) is 1.19. The van der Waals surface area contributed by atoms with Gasteiger partial charge >= 0.3 is 0 Å². The van der Waals surface area contributed by atoms with E-state index in [-0.39, 0.29) is 5.56 Å². The standard InChI is InChI=1S/C23H22N2O3/c1-4-27-22-12-18(19-11-16(3)25-23(26)20(19)13-24)9-10-21(22)28-14-17-7-5-15(2)6-8-17/h5-12H,4,14H2,1-3H3,(H,25,26). The van der Waals surface area contributed by atoms with Gasteiger partial charge < -0.3 is 14.5 Å². The van der Waals surface area contributed by atoms with Crippen molar-refractivity contribution in [3.63, 3.8) is 0 Å². The number of aryl methyl sites for hydroxylation is 2. The molecule has 0 fully saturated rings. The van der Waals surface area contributed by atoms with Gasteiger partial charge in [-0.05, 0) is 50.1 Å². The number of nitrogens with zero attached hydrogens (tertiary/aromatic N) is 1. The Balaban J connectivity index is 1.94. The quantitative estimate of drug-likeness (QED) is 0.689. The van der Waals surface area contributed by atoms with Crippen molar-refractivity contribution in [2.45, 2.75) is 27.4 Å². The summed E-state index contributed by atoms with van der Waals surface area (Å²) in [6.45, 7) is 6.63. The molecule has 0 atom stereocenters. The van der Waals surface area contributed by atoms with Gasteiger partial charge in [-0.2, -0.15) is 5.26 Å². The van der Waals surface area contributed by atoms with Crippen LogP contribution in [-0.2, 0) is 6.61 Å². The van der Waals surface area contributed by atoms with Crippen molar-refractivity contribution in [2.75, 3.05) is 6.61 Å². The van der Waals surface area contributed by atoms with Gasteiger partial charge in [-0.25, -0.2) is 0 Å². The summed E-state index contributed by atoms with van der Waals surface area (Å²) >= 11 is 0. The zero-order chi connectivity index (χ0) is 20.1. The molecule has 0 unspecified atom stereocenters. The van der Waals surface area contributed by atoms with E-state index in [0.717, 1.165) is 11.1 Å². The number of hydrogen-bond acceptors (Lipinski definition) is 4. The van der Waals surface area contributed by atoms with Gasteiger partial charge in [0, 0.05) is 11.3 Å². The molecule has 1 heterocycles. The fraction of sp³-hybridized carbons (Fsp3) is 0.217. The number of nitrogens with one attached hydrogen (secondary N) is 1. The molecule has 0 aliphatic carbocycles. The Hall–Kier alpha value is -3.52. The van der Waals surface area contributed by atoms with Crippen LogP contribution in [0.5, 0.6) is 11.5 Å². The van der Waals surface area contributed by atoms with Crippen LogP contribution in [0, 0.1) is 25.2 Å². The summed E-state index contributed by atoms with van der Waals surface area (Å²) in [6.07, 6.45) is 0. The van der Waals surface area contributed by atoms with Gasteiger partial charge in [0.05, 0.1) is 6.61 Å². The number of benzene rings is 2. The summed E-state index contributed by atoms with van der Waals surface area (Å²) in [6, 6.07) is 17.4. The Kier molecular flexibility index (Phi) is 5.81. The van der Waals surface area contributed by atoms with Crippen molar-refractivity contribution in [2.24, 2.45) is 0 Å². The zero-order valence-corrected chi connectivity index (χ0v) is 16.2.